The van der Waals surface area contributed by atoms with Gasteiger partial charge in [0.2, 0.25) is 5.91 Å². The average molecular weight is 290 g/mol. The van der Waals surface area contributed by atoms with Gasteiger partial charge in [0, 0.05) is 12.6 Å². The molecule has 4 nitrogen and oxygen atoms in total. The number of nitrogens with one attached hydrogen (secondary N) is 1. The molecule has 0 aliphatic heterocycles. The lowest BCUT2D eigenvalue weighted by molar-refractivity contribution is -0.128. The highest BCUT2D eigenvalue weighted by Crippen LogP contribution is 2.29. The molecule has 0 aromatic heterocycles. The minimum atomic E-state index is -0.917. The zero-order valence-electron chi connectivity index (χ0n) is 13.0. The Kier molecular flexibility index (Phi) is 5.37. The van der Waals surface area contributed by atoms with E-state index in [1.165, 1.54) is 0 Å². The van der Waals surface area contributed by atoms with Gasteiger partial charge in [-0.25, -0.2) is 0 Å². The van der Waals surface area contributed by atoms with Crippen LogP contribution in [-0.4, -0.2) is 25.2 Å². The number of carbonyl (C=O) groups is 1. The number of ether oxygens (including phenoxy) is 1. The lowest BCUT2D eigenvalue weighted by Crippen LogP contribution is -2.56. The number of hydrogen-bond donors (Lipinski definition) is 2. The Morgan fingerprint density at radius 1 is 1.38 bits per heavy atom. The molecule has 0 spiro atoms. The van der Waals surface area contributed by atoms with Crippen molar-refractivity contribution in [3.8, 4) is 0 Å². The second kappa shape index (κ2) is 7.05. The molecule has 1 amide bonds. The molecule has 1 aromatic carbocycles. The summed E-state index contributed by atoms with van der Waals surface area (Å²) in [4.78, 5) is 12.2. The van der Waals surface area contributed by atoms with Crippen LogP contribution in [0.4, 0.5) is 0 Å². The van der Waals surface area contributed by atoms with Crippen LogP contribution in [0.3, 0.4) is 0 Å². The van der Waals surface area contributed by atoms with Crippen molar-refractivity contribution in [1.29, 1.82) is 0 Å². The molecule has 1 fully saturated rings. The van der Waals surface area contributed by atoms with E-state index in [2.05, 4.69) is 19.2 Å². The van der Waals surface area contributed by atoms with Crippen molar-refractivity contribution < 1.29 is 9.53 Å². The van der Waals surface area contributed by atoms with Crippen LogP contribution in [0, 0.1) is 5.92 Å². The van der Waals surface area contributed by atoms with Gasteiger partial charge in [-0.3, -0.25) is 10.1 Å². The summed E-state index contributed by atoms with van der Waals surface area (Å²) in [6, 6.07) is 10.0. The van der Waals surface area contributed by atoms with E-state index in [0.29, 0.717) is 18.6 Å². The maximum absolute atomic E-state index is 12.2. The van der Waals surface area contributed by atoms with Crippen molar-refractivity contribution in [2.75, 3.05) is 13.2 Å². The highest BCUT2D eigenvalue weighted by molar-refractivity contribution is 5.86. The Hall–Kier alpha value is -1.39. The minimum Gasteiger partial charge on any atom is -0.379 e. The number of primary amides is 1. The molecular weight excluding hydrogens is 264 g/mol. The summed E-state index contributed by atoms with van der Waals surface area (Å²) in [6.45, 7) is 5.25. The normalized spacial score (nSPS) is 17.7. The number of rotatable bonds is 9. The summed E-state index contributed by atoms with van der Waals surface area (Å²) in [5.41, 5.74) is 5.71. The molecule has 116 valence electrons. The third-order valence-corrected chi connectivity index (χ3v) is 3.87. The molecule has 4 heteroatoms. The van der Waals surface area contributed by atoms with Gasteiger partial charge < -0.3 is 10.5 Å². The Morgan fingerprint density at radius 3 is 2.57 bits per heavy atom. The van der Waals surface area contributed by atoms with E-state index in [1.54, 1.807) is 0 Å². The molecule has 1 aliphatic rings. The van der Waals surface area contributed by atoms with Crippen molar-refractivity contribution in [1.82, 2.24) is 5.32 Å². The van der Waals surface area contributed by atoms with Crippen LogP contribution in [-0.2, 0) is 15.1 Å². The minimum absolute atomic E-state index is 0.287. The van der Waals surface area contributed by atoms with E-state index in [1.807, 2.05) is 30.3 Å². The summed E-state index contributed by atoms with van der Waals surface area (Å²) in [5.74, 6) is 0.214. The fourth-order valence-corrected chi connectivity index (χ4v) is 2.34. The molecule has 1 aliphatic carbocycles. The van der Waals surface area contributed by atoms with Crippen molar-refractivity contribution in [3.05, 3.63) is 35.9 Å². The Balaban J connectivity index is 2.13. The summed E-state index contributed by atoms with van der Waals surface area (Å²) in [6.07, 6.45) is 3.16. The lowest BCUT2D eigenvalue weighted by Gasteiger charge is -2.32. The third-order valence-electron chi connectivity index (χ3n) is 3.87. The summed E-state index contributed by atoms with van der Waals surface area (Å²) in [7, 11) is 0. The van der Waals surface area contributed by atoms with Crippen LogP contribution in [0.1, 0.15) is 38.7 Å². The maximum Gasteiger partial charge on any atom is 0.244 e. The van der Waals surface area contributed by atoms with Crippen LogP contribution in [0.5, 0.6) is 0 Å². The van der Waals surface area contributed by atoms with Crippen LogP contribution in [0.2, 0.25) is 0 Å². The van der Waals surface area contributed by atoms with Crippen LogP contribution >= 0.6 is 0 Å². The molecular formula is C17H26N2O2. The summed E-state index contributed by atoms with van der Waals surface area (Å²) < 4.78 is 5.79. The van der Waals surface area contributed by atoms with Gasteiger partial charge in [0.1, 0.15) is 5.54 Å². The highest BCUT2D eigenvalue weighted by Gasteiger charge is 2.43. The molecule has 0 saturated heterocycles. The topological polar surface area (TPSA) is 64.3 Å². The number of benzene rings is 1. The fourth-order valence-electron chi connectivity index (χ4n) is 2.34. The van der Waals surface area contributed by atoms with Crippen LogP contribution < -0.4 is 11.1 Å². The zero-order valence-corrected chi connectivity index (χ0v) is 13.0. The van der Waals surface area contributed by atoms with E-state index < -0.39 is 5.54 Å². The van der Waals surface area contributed by atoms with Crippen molar-refractivity contribution in [2.24, 2.45) is 11.7 Å². The Morgan fingerprint density at radius 2 is 2.05 bits per heavy atom. The van der Waals surface area contributed by atoms with Crippen molar-refractivity contribution >= 4 is 5.91 Å². The van der Waals surface area contributed by atoms with E-state index in [9.17, 15) is 4.79 Å². The zero-order chi connectivity index (χ0) is 15.3. The number of hydrogen-bond acceptors (Lipinski definition) is 3. The second-order valence-electron chi connectivity index (χ2n) is 6.29. The molecule has 0 radical (unpaired) electrons. The molecule has 1 saturated carbocycles. The summed E-state index contributed by atoms with van der Waals surface area (Å²) in [5, 5.41) is 3.41. The number of amides is 1. The predicted molar refractivity (Wildman–Crippen MR) is 83.7 cm³/mol. The Labute approximate surface area is 127 Å². The first-order chi connectivity index (χ1) is 10.0. The molecule has 1 unspecified atom stereocenters. The molecule has 2 rings (SSSR count). The van der Waals surface area contributed by atoms with Gasteiger partial charge in [0.05, 0.1) is 6.61 Å². The number of nitrogens with two attached hydrogens (primary N) is 1. The van der Waals surface area contributed by atoms with Gasteiger partial charge in [-0.05, 0) is 30.7 Å². The monoisotopic (exact) mass is 290 g/mol. The van der Waals surface area contributed by atoms with E-state index in [-0.39, 0.29) is 12.5 Å². The average Bonchev–Trinajstić information content (AvgIpc) is 3.26. The SMILES string of the molecule is CC(C)CCOCC(NC1CC1)(C(N)=O)c1ccccc1. The van der Waals surface area contributed by atoms with E-state index >= 15 is 0 Å². The first-order valence-electron chi connectivity index (χ1n) is 7.75. The lowest BCUT2D eigenvalue weighted by atomic mass is 9.89. The summed E-state index contributed by atoms with van der Waals surface area (Å²) >= 11 is 0. The molecule has 0 bridgehead atoms. The third kappa shape index (κ3) is 4.29. The van der Waals surface area contributed by atoms with Gasteiger partial charge in [0.25, 0.3) is 0 Å². The quantitative estimate of drug-likeness (QED) is 0.685. The highest BCUT2D eigenvalue weighted by atomic mass is 16.5. The molecule has 3 N–H and O–H groups in total. The molecule has 1 aromatic rings. The largest absolute Gasteiger partial charge is 0.379 e. The second-order valence-corrected chi connectivity index (χ2v) is 6.29. The van der Waals surface area contributed by atoms with Gasteiger partial charge in [0.15, 0.2) is 0 Å². The molecule has 0 heterocycles. The maximum atomic E-state index is 12.2. The molecule has 1 atom stereocenters. The first kappa shape index (κ1) is 16.0. The van der Waals surface area contributed by atoms with Gasteiger partial charge >= 0.3 is 0 Å². The van der Waals surface area contributed by atoms with Crippen molar-refractivity contribution in [2.45, 2.75) is 44.7 Å². The predicted octanol–water partition coefficient (Wildman–Crippen LogP) is 2.18. The van der Waals surface area contributed by atoms with E-state index in [4.69, 9.17) is 10.5 Å². The molecule has 21 heavy (non-hydrogen) atoms. The first-order valence-corrected chi connectivity index (χ1v) is 7.75. The standard InChI is InChI=1S/C17H26N2O2/c1-13(2)10-11-21-12-17(16(18)20,19-15-8-9-15)14-6-4-3-5-7-14/h3-7,13,15,19H,8-12H2,1-2H3,(H2,18,20). The van der Waals surface area contributed by atoms with Gasteiger partial charge in [-0.1, -0.05) is 44.2 Å². The van der Waals surface area contributed by atoms with Crippen LogP contribution in [0.25, 0.3) is 0 Å². The smallest absolute Gasteiger partial charge is 0.244 e. The number of carbonyl (C=O) groups excluding carboxylic acids is 1. The van der Waals surface area contributed by atoms with E-state index in [0.717, 1.165) is 24.8 Å². The van der Waals surface area contributed by atoms with Gasteiger partial charge in [-0.2, -0.15) is 0 Å². The van der Waals surface area contributed by atoms with Crippen LogP contribution in [0.15, 0.2) is 30.3 Å². The fraction of sp³-hybridized carbons (Fsp3) is 0.588. The van der Waals surface area contributed by atoms with Gasteiger partial charge in [-0.15, -0.1) is 0 Å². The van der Waals surface area contributed by atoms with Crippen molar-refractivity contribution in [3.63, 3.8) is 0 Å². The Bertz CT molecular complexity index is 457.